The van der Waals surface area contributed by atoms with Crippen LogP contribution in [0.1, 0.15) is 68.5 Å². The summed E-state index contributed by atoms with van der Waals surface area (Å²) in [5.74, 6) is 3.27. The number of nitrogens with zero attached hydrogens (tertiary/aromatic N) is 2. The van der Waals surface area contributed by atoms with E-state index in [-0.39, 0.29) is 17.5 Å². The molecule has 0 aromatic heterocycles. The highest BCUT2D eigenvalue weighted by Gasteiger charge is 2.70. The molecule has 0 radical (unpaired) electrons. The number of likely N-dealkylation sites (tertiary alicyclic amines) is 1. The Kier molecular flexibility index (Phi) is 4.29. The molecule has 1 heterocycles. The molecule has 1 aromatic carbocycles. The number of carbonyl (C=O) groups excluding carboxylic acids is 1. The predicted octanol–water partition coefficient (Wildman–Crippen LogP) is 4.56. The van der Waals surface area contributed by atoms with Crippen molar-refractivity contribution in [3.63, 3.8) is 0 Å². The summed E-state index contributed by atoms with van der Waals surface area (Å²) in [6.07, 6.45) is 11.2. The van der Waals surface area contributed by atoms with Gasteiger partial charge in [-0.25, -0.2) is 4.79 Å². The minimum atomic E-state index is 0.0207. The van der Waals surface area contributed by atoms with Gasteiger partial charge in [0.05, 0.1) is 6.04 Å². The fourth-order valence-electron chi connectivity index (χ4n) is 8.12. The highest BCUT2D eigenvalue weighted by atomic mass is 16.2. The number of carbonyl (C=O) groups is 1. The van der Waals surface area contributed by atoms with Crippen LogP contribution in [0.15, 0.2) is 24.3 Å². The van der Waals surface area contributed by atoms with Crippen molar-refractivity contribution >= 4 is 6.03 Å². The number of hydrogen-bond donors (Lipinski definition) is 1. The Balaban J connectivity index is 1.07. The fraction of sp³-hybridized carbons (Fsp3) is 0.731. The summed E-state index contributed by atoms with van der Waals surface area (Å²) >= 11 is 0. The summed E-state index contributed by atoms with van der Waals surface area (Å²) in [6.45, 7) is 3.74. The first-order valence-corrected chi connectivity index (χ1v) is 12.3. The number of nitrogens with one attached hydrogen (secondary N) is 1. The Morgan fingerprint density at radius 1 is 1.13 bits per heavy atom. The zero-order valence-corrected chi connectivity index (χ0v) is 18.7. The first-order valence-electron chi connectivity index (χ1n) is 12.3. The Hall–Kier alpha value is -1.55. The van der Waals surface area contributed by atoms with Crippen LogP contribution in [0.4, 0.5) is 4.79 Å². The quantitative estimate of drug-likeness (QED) is 0.794. The van der Waals surface area contributed by atoms with E-state index in [9.17, 15) is 4.79 Å². The summed E-state index contributed by atoms with van der Waals surface area (Å²) in [5.41, 5.74) is 3.97. The van der Waals surface area contributed by atoms with Crippen LogP contribution in [-0.4, -0.2) is 49.6 Å². The van der Waals surface area contributed by atoms with Crippen molar-refractivity contribution < 1.29 is 4.79 Å². The van der Waals surface area contributed by atoms with Crippen molar-refractivity contribution in [1.29, 1.82) is 0 Å². The largest absolute Gasteiger partial charge is 0.331 e. The van der Waals surface area contributed by atoms with Gasteiger partial charge >= 0.3 is 6.03 Å². The van der Waals surface area contributed by atoms with Crippen molar-refractivity contribution in [3.8, 4) is 0 Å². The summed E-state index contributed by atoms with van der Waals surface area (Å²) < 4.78 is 0. The van der Waals surface area contributed by atoms with E-state index >= 15 is 0 Å². The number of amides is 2. The van der Waals surface area contributed by atoms with Crippen LogP contribution in [0.25, 0.3) is 0 Å². The molecule has 1 N–H and O–H groups in total. The van der Waals surface area contributed by atoms with Gasteiger partial charge in [0, 0.05) is 19.5 Å². The molecule has 4 heteroatoms. The maximum atomic E-state index is 12.3. The number of rotatable bonds is 4. The van der Waals surface area contributed by atoms with Crippen molar-refractivity contribution in [2.75, 3.05) is 33.7 Å². The lowest BCUT2D eigenvalue weighted by Crippen LogP contribution is -2.44. The molecule has 2 amide bonds. The second kappa shape index (κ2) is 6.72. The van der Waals surface area contributed by atoms with Crippen LogP contribution in [-0.2, 0) is 5.41 Å². The van der Waals surface area contributed by atoms with Crippen LogP contribution < -0.4 is 5.32 Å². The van der Waals surface area contributed by atoms with Crippen molar-refractivity contribution in [2.24, 2.45) is 23.2 Å². The zero-order valence-electron chi connectivity index (χ0n) is 18.7. The Bertz CT molecular complexity index is 840. The van der Waals surface area contributed by atoms with Gasteiger partial charge in [-0.1, -0.05) is 24.3 Å². The Morgan fingerprint density at radius 3 is 2.67 bits per heavy atom. The molecule has 4 aliphatic carbocycles. The first-order chi connectivity index (χ1) is 14.5. The monoisotopic (exact) mass is 407 g/mol. The number of benzene rings is 1. The van der Waals surface area contributed by atoms with Crippen molar-refractivity contribution in [3.05, 3.63) is 35.4 Å². The molecule has 1 aliphatic heterocycles. The average molecular weight is 408 g/mol. The third-order valence-corrected chi connectivity index (χ3v) is 9.89. The molecule has 5 atom stereocenters. The van der Waals surface area contributed by atoms with Gasteiger partial charge in [0.15, 0.2) is 0 Å². The second-order valence-electron chi connectivity index (χ2n) is 11.4. The number of fused-ring (bicyclic) bond motifs is 2. The number of urea groups is 1. The number of piperidine rings is 1. The molecule has 4 fully saturated rings. The third-order valence-electron chi connectivity index (χ3n) is 9.89. The van der Waals surface area contributed by atoms with Gasteiger partial charge < -0.3 is 15.1 Å². The van der Waals surface area contributed by atoms with Crippen LogP contribution in [0.2, 0.25) is 0 Å². The van der Waals surface area contributed by atoms with Gasteiger partial charge in [0.1, 0.15) is 0 Å². The molecule has 162 valence electrons. The summed E-state index contributed by atoms with van der Waals surface area (Å²) in [4.78, 5) is 16.7. The van der Waals surface area contributed by atoms with Gasteiger partial charge in [-0.15, -0.1) is 0 Å². The maximum Gasteiger partial charge on any atom is 0.317 e. The van der Waals surface area contributed by atoms with Crippen molar-refractivity contribution in [1.82, 2.24) is 15.1 Å². The Morgan fingerprint density at radius 2 is 1.93 bits per heavy atom. The van der Waals surface area contributed by atoms with Crippen LogP contribution in [0.5, 0.6) is 0 Å². The highest BCUT2D eigenvalue weighted by molar-refractivity contribution is 5.74. The van der Waals surface area contributed by atoms with Gasteiger partial charge in [0.2, 0.25) is 0 Å². The van der Waals surface area contributed by atoms with E-state index in [4.69, 9.17) is 0 Å². The summed E-state index contributed by atoms with van der Waals surface area (Å²) in [7, 11) is 3.65. The first kappa shape index (κ1) is 19.2. The third kappa shape index (κ3) is 2.78. The molecule has 6 rings (SSSR count). The van der Waals surface area contributed by atoms with Crippen LogP contribution in [0, 0.1) is 23.2 Å². The minimum absolute atomic E-state index is 0.0207. The molecule has 2 unspecified atom stereocenters. The highest BCUT2D eigenvalue weighted by Crippen LogP contribution is 2.78. The molecule has 0 bridgehead atoms. The van der Waals surface area contributed by atoms with E-state index in [2.05, 4.69) is 34.5 Å². The normalized spacial score (nSPS) is 37.8. The standard InChI is InChI=1S/C26H37N3O/c1-28(2)24(30)27-23-17-25(22-6-4-3-5-20(22)23)10-13-29(14-11-25)12-9-18-15-26-16-19(26)7-8-21(18)26/h3-6,18-19,21,23H,7-17H2,1-2H3,(H,27,30)/t18?,19-,21+,23+,26?/m1/s1. The smallest absolute Gasteiger partial charge is 0.317 e. The molecule has 2 spiro atoms. The molecule has 5 aliphatic rings. The molecule has 3 saturated carbocycles. The minimum Gasteiger partial charge on any atom is -0.331 e. The Labute approximate surface area is 181 Å². The van der Waals surface area contributed by atoms with E-state index in [1.807, 2.05) is 14.1 Å². The molecule has 1 aromatic rings. The van der Waals surface area contributed by atoms with E-state index < -0.39 is 0 Å². The average Bonchev–Trinajstić information content (AvgIpc) is 3.31. The molecular formula is C26H37N3O. The van der Waals surface area contributed by atoms with E-state index in [0.717, 1.165) is 29.6 Å². The topological polar surface area (TPSA) is 35.6 Å². The number of hydrogen-bond acceptors (Lipinski definition) is 2. The van der Waals surface area contributed by atoms with E-state index in [1.165, 1.54) is 56.4 Å². The SMILES string of the molecule is CN(C)C(=O)N[C@H]1CC2(CCN(CCC3CC45C[C@H]4CC[C@@H]35)CC2)c2ccccc21. The van der Waals surface area contributed by atoms with Crippen molar-refractivity contribution in [2.45, 2.75) is 62.8 Å². The lowest BCUT2D eigenvalue weighted by atomic mass is 9.61. The molecule has 1 saturated heterocycles. The molecule has 4 nitrogen and oxygen atoms in total. The summed E-state index contributed by atoms with van der Waals surface area (Å²) in [5, 5.41) is 3.27. The van der Waals surface area contributed by atoms with Crippen LogP contribution in [0.3, 0.4) is 0 Å². The fourth-order valence-corrected chi connectivity index (χ4v) is 8.12. The predicted molar refractivity (Wildman–Crippen MR) is 119 cm³/mol. The summed E-state index contributed by atoms with van der Waals surface area (Å²) in [6, 6.07) is 9.04. The van der Waals surface area contributed by atoms with Gasteiger partial charge in [-0.3, -0.25) is 0 Å². The lowest BCUT2D eigenvalue weighted by molar-refractivity contribution is 0.0390. The zero-order chi connectivity index (χ0) is 20.5. The van der Waals surface area contributed by atoms with E-state index in [0.29, 0.717) is 0 Å². The van der Waals surface area contributed by atoms with Gasteiger partial charge in [-0.05, 0) is 105 Å². The van der Waals surface area contributed by atoms with E-state index in [1.54, 1.807) is 24.2 Å². The lowest BCUT2D eigenvalue weighted by Gasteiger charge is -2.46. The molecule has 30 heavy (non-hydrogen) atoms. The second-order valence-corrected chi connectivity index (χ2v) is 11.4. The van der Waals surface area contributed by atoms with Gasteiger partial charge in [-0.2, -0.15) is 0 Å². The van der Waals surface area contributed by atoms with Crippen LogP contribution >= 0.6 is 0 Å². The van der Waals surface area contributed by atoms with Gasteiger partial charge in [0.25, 0.3) is 0 Å². The maximum absolute atomic E-state index is 12.3. The molecular weight excluding hydrogens is 370 g/mol.